The van der Waals surface area contributed by atoms with Gasteiger partial charge in [-0.3, -0.25) is 9.89 Å². The number of rotatable bonds is 5. The van der Waals surface area contributed by atoms with Crippen molar-refractivity contribution in [1.82, 2.24) is 20.2 Å². The number of nitrogens with one attached hydrogen (secondary N) is 2. The second-order valence-corrected chi connectivity index (χ2v) is 6.19. The van der Waals surface area contributed by atoms with Crippen LogP contribution in [0.5, 0.6) is 0 Å². The lowest BCUT2D eigenvalue weighted by molar-refractivity contribution is -0.112. The molecule has 24 heavy (non-hydrogen) atoms. The largest absolute Gasteiger partial charge is 0.322 e. The molecule has 1 amide bonds. The molecule has 3 rings (SSSR count). The molecule has 0 saturated carbocycles. The number of H-pyrrole nitrogens is 1. The smallest absolute Gasteiger partial charge is 0.250 e. The molecule has 7 heteroatoms. The van der Waals surface area contributed by atoms with Gasteiger partial charge in [0.1, 0.15) is 11.4 Å². The summed E-state index contributed by atoms with van der Waals surface area (Å²) in [5, 5.41) is 11.5. The minimum absolute atomic E-state index is 0.0850. The van der Waals surface area contributed by atoms with Gasteiger partial charge in [0.2, 0.25) is 0 Å². The van der Waals surface area contributed by atoms with Gasteiger partial charge < -0.3 is 5.32 Å². The summed E-state index contributed by atoms with van der Waals surface area (Å²) < 4.78 is 0. The van der Waals surface area contributed by atoms with E-state index in [4.69, 9.17) is 0 Å². The Morgan fingerprint density at radius 3 is 3.08 bits per heavy atom. The molecule has 0 aliphatic heterocycles. The monoisotopic (exact) mass is 339 g/mol. The second kappa shape index (κ2) is 7.27. The first kappa shape index (κ1) is 16.2. The zero-order chi connectivity index (χ0) is 16.9. The number of carbonyl (C=O) groups excluding carboxylic acids is 1. The van der Waals surface area contributed by atoms with E-state index in [0.717, 1.165) is 33.1 Å². The van der Waals surface area contributed by atoms with E-state index in [0.29, 0.717) is 5.57 Å². The minimum Gasteiger partial charge on any atom is -0.322 e. The third-order valence-electron chi connectivity index (χ3n) is 3.56. The van der Waals surface area contributed by atoms with Crippen molar-refractivity contribution in [2.24, 2.45) is 0 Å². The highest BCUT2D eigenvalue weighted by Gasteiger charge is 2.08. The van der Waals surface area contributed by atoms with Crippen LogP contribution in [0.1, 0.15) is 19.4 Å². The van der Waals surface area contributed by atoms with Crippen LogP contribution in [0.2, 0.25) is 0 Å². The molecular weight excluding hydrogens is 322 g/mol. The first-order valence-corrected chi connectivity index (χ1v) is 8.46. The number of fused-ring (bicyclic) bond motifs is 1. The van der Waals surface area contributed by atoms with Crippen LogP contribution < -0.4 is 5.32 Å². The van der Waals surface area contributed by atoms with E-state index in [2.05, 4.69) is 25.5 Å². The average Bonchev–Trinajstić information content (AvgIpc) is 3.08. The Kier molecular flexibility index (Phi) is 4.90. The summed E-state index contributed by atoms with van der Waals surface area (Å²) in [6.45, 7) is 3.64. The fraction of sp³-hybridized carbons (Fsp3) is 0.176. The van der Waals surface area contributed by atoms with Gasteiger partial charge in [0, 0.05) is 17.0 Å². The molecule has 3 aromatic rings. The fourth-order valence-corrected chi connectivity index (χ4v) is 3.02. The Labute approximate surface area is 143 Å². The number of thioether (sulfide) groups is 1. The number of allylic oxidation sites excluding steroid dienone is 1. The highest BCUT2D eigenvalue weighted by Crippen LogP contribution is 2.27. The number of carbonyl (C=O) groups is 1. The average molecular weight is 339 g/mol. The standard InChI is InChI=1S/C17H17N5OS/c1-3-11(2)16(23)21-13-6-4-5-12(7-13)9-24-17-14-8-20-22-15(14)18-10-19-17/h3-8,10H,9H2,1-2H3,(H,21,23)(H,18,19,20,22). The topological polar surface area (TPSA) is 83.6 Å². The molecule has 0 spiro atoms. The van der Waals surface area contributed by atoms with Gasteiger partial charge in [0.25, 0.3) is 5.91 Å². The van der Waals surface area contributed by atoms with Crippen LogP contribution in [0.3, 0.4) is 0 Å². The van der Waals surface area contributed by atoms with Crippen molar-refractivity contribution < 1.29 is 4.79 Å². The Balaban J connectivity index is 1.71. The minimum atomic E-state index is -0.0850. The van der Waals surface area contributed by atoms with Crippen molar-refractivity contribution in [3.8, 4) is 0 Å². The number of benzene rings is 1. The Morgan fingerprint density at radius 1 is 1.38 bits per heavy atom. The summed E-state index contributed by atoms with van der Waals surface area (Å²) in [5.41, 5.74) is 3.31. The lowest BCUT2D eigenvalue weighted by atomic mass is 10.2. The van der Waals surface area contributed by atoms with Crippen molar-refractivity contribution in [1.29, 1.82) is 0 Å². The zero-order valence-corrected chi connectivity index (χ0v) is 14.2. The molecule has 0 aliphatic carbocycles. The summed E-state index contributed by atoms with van der Waals surface area (Å²) in [6.07, 6.45) is 5.05. The number of hydrogen-bond acceptors (Lipinski definition) is 5. The van der Waals surface area contributed by atoms with Gasteiger partial charge in [-0.1, -0.05) is 18.2 Å². The highest BCUT2D eigenvalue weighted by molar-refractivity contribution is 7.98. The SMILES string of the molecule is CC=C(C)C(=O)Nc1cccc(CSc2ncnc3[nH]ncc23)c1. The van der Waals surface area contributed by atoms with Gasteiger partial charge in [0.15, 0.2) is 5.65 Å². The van der Waals surface area contributed by atoms with E-state index in [-0.39, 0.29) is 5.91 Å². The number of amides is 1. The summed E-state index contributed by atoms with van der Waals surface area (Å²) in [5.74, 6) is 0.655. The van der Waals surface area contributed by atoms with Crippen LogP contribution in [0.4, 0.5) is 5.69 Å². The molecule has 0 unspecified atom stereocenters. The second-order valence-electron chi connectivity index (χ2n) is 5.23. The fourth-order valence-electron chi connectivity index (χ4n) is 2.11. The van der Waals surface area contributed by atoms with Crippen LogP contribution in [0.15, 0.2) is 53.5 Å². The van der Waals surface area contributed by atoms with Crippen molar-refractivity contribution in [3.05, 3.63) is 54.0 Å². The van der Waals surface area contributed by atoms with Crippen molar-refractivity contribution in [2.45, 2.75) is 24.6 Å². The number of hydrogen-bond donors (Lipinski definition) is 2. The molecule has 122 valence electrons. The Hall–Kier alpha value is -2.67. The van der Waals surface area contributed by atoms with E-state index in [1.807, 2.05) is 31.2 Å². The number of aromatic amines is 1. The predicted octanol–water partition coefficient (Wildman–Crippen LogP) is 3.55. The number of anilines is 1. The first-order chi connectivity index (χ1) is 11.7. The Bertz CT molecular complexity index is 903. The van der Waals surface area contributed by atoms with Crippen LogP contribution >= 0.6 is 11.8 Å². The lowest BCUT2D eigenvalue weighted by Gasteiger charge is -2.07. The van der Waals surface area contributed by atoms with Crippen LogP contribution in [-0.4, -0.2) is 26.1 Å². The van der Waals surface area contributed by atoms with E-state index in [1.54, 1.807) is 31.0 Å². The maximum atomic E-state index is 11.9. The van der Waals surface area contributed by atoms with Crippen molar-refractivity contribution in [2.75, 3.05) is 5.32 Å². The predicted molar refractivity (Wildman–Crippen MR) is 95.7 cm³/mol. The molecule has 0 saturated heterocycles. The van der Waals surface area contributed by atoms with E-state index < -0.39 is 0 Å². The summed E-state index contributed by atoms with van der Waals surface area (Å²) in [7, 11) is 0. The Morgan fingerprint density at radius 2 is 2.25 bits per heavy atom. The van der Waals surface area contributed by atoms with Gasteiger partial charge in [-0.05, 0) is 31.5 Å². The summed E-state index contributed by atoms with van der Waals surface area (Å²) >= 11 is 1.61. The molecule has 2 heterocycles. The zero-order valence-electron chi connectivity index (χ0n) is 13.4. The summed E-state index contributed by atoms with van der Waals surface area (Å²) in [6, 6.07) is 7.82. The van der Waals surface area contributed by atoms with Crippen molar-refractivity contribution >= 4 is 34.4 Å². The normalized spacial score (nSPS) is 11.7. The molecule has 6 nitrogen and oxygen atoms in total. The molecule has 2 aromatic heterocycles. The molecule has 0 fully saturated rings. The van der Waals surface area contributed by atoms with Crippen LogP contribution in [0.25, 0.3) is 11.0 Å². The summed E-state index contributed by atoms with van der Waals surface area (Å²) in [4.78, 5) is 20.4. The third-order valence-corrected chi connectivity index (χ3v) is 4.64. The highest BCUT2D eigenvalue weighted by atomic mass is 32.2. The van der Waals surface area contributed by atoms with E-state index in [1.165, 1.54) is 6.33 Å². The molecule has 2 N–H and O–H groups in total. The van der Waals surface area contributed by atoms with E-state index >= 15 is 0 Å². The maximum absolute atomic E-state index is 11.9. The van der Waals surface area contributed by atoms with Gasteiger partial charge in [-0.2, -0.15) is 5.10 Å². The van der Waals surface area contributed by atoms with Gasteiger partial charge in [0.05, 0.1) is 11.6 Å². The van der Waals surface area contributed by atoms with Gasteiger partial charge in [-0.15, -0.1) is 11.8 Å². The van der Waals surface area contributed by atoms with Crippen LogP contribution in [-0.2, 0) is 10.5 Å². The molecule has 0 aliphatic rings. The lowest BCUT2D eigenvalue weighted by Crippen LogP contribution is -2.12. The molecular formula is C17H17N5OS. The maximum Gasteiger partial charge on any atom is 0.250 e. The molecule has 0 bridgehead atoms. The van der Waals surface area contributed by atoms with Gasteiger partial charge in [-0.25, -0.2) is 9.97 Å². The van der Waals surface area contributed by atoms with Crippen LogP contribution in [0, 0.1) is 0 Å². The number of aromatic nitrogens is 4. The number of nitrogens with zero attached hydrogens (tertiary/aromatic N) is 3. The third kappa shape index (κ3) is 3.62. The van der Waals surface area contributed by atoms with Crippen molar-refractivity contribution in [3.63, 3.8) is 0 Å². The van der Waals surface area contributed by atoms with E-state index in [9.17, 15) is 4.79 Å². The van der Waals surface area contributed by atoms with Gasteiger partial charge >= 0.3 is 0 Å². The molecule has 1 aromatic carbocycles. The first-order valence-electron chi connectivity index (χ1n) is 7.47. The molecule has 0 radical (unpaired) electrons. The molecule has 0 atom stereocenters. The quantitative estimate of drug-likeness (QED) is 0.422.